The monoisotopic (exact) mass is 192 g/mol. The summed E-state index contributed by atoms with van der Waals surface area (Å²) in [4.78, 5) is 20.8. The topological polar surface area (TPSA) is 74.6 Å². The summed E-state index contributed by atoms with van der Waals surface area (Å²) in [5, 5.41) is 17.5. The molecule has 0 spiro atoms. The van der Waals surface area contributed by atoms with Crippen LogP contribution < -0.4 is 0 Å². The van der Waals surface area contributed by atoms with E-state index in [9.17, 15) is 14.7 Å². The Hall–Kier alpha value is -2.10. The van der Waals surface area contributed by atoms with Gasteiger partial charge in [-0.05, 0) is 18.2 Å². The van der Waals surface area contributed by atoms with Crippen LogP contribution in [-0.4, -0.2) is 22.0 Å². The van der Waals surface area contributed by atoms with Crippen LogP contribution >= 0.6 is 0 Å². The Morgan fingerprint density at radius 3 is 2.43 bits per heavy atom. The highest BCUT2D eigenvalue weighted by Gasteiger charge is 2.05. The van der Waals surface area contributed by atoms with E-state index in [4.69, 9.17) is 5.11 Å². The molecule has 0 heterocycles. The van der Waals surface area contributed by atoms with Gasteiger partial charge in [0, 0.05) is 5.56 Å². The number of ketones is 1. The van der Waals surface area contributed by atoms with Crippen molar-refractivity contribution in [2.75, 3.05) is 0 Å². The van der Waals surface area contributed by atoms with Crippen molar-refractivity contribution in [2.45, 2.75) is 0 Å². The average Bonchev–Trinajstić information content (AvgIpc) is 2.16. The molecule has 4 heteroatoms. The molecule has 1 rings (SSSR count). The molecule has 0 atom stereocenters. The van der Waals surface area contributed by atoms with Crippen molar-refractivity contribution in [1.82, 2.24) is 0 Å². The number of aromatic hydroxyl groups is 1. The van der Waals surface area contributed by atoms with E-state index in [0.29, 0.717) is 5.56 Å². The number of para-hydroxylation sites is 1. The van der Waals surface area contributed by atoms with Crippen LogP contribution in [0.2, 0.25) is 0 Å². The van der Waals surface area contributed by atoms with E-state index in [1.54, 1.807) is 18.2 Å². The van der Waals surface area contributed by atoms with E-state index < -0.39 is 11.8 Å². The predicted octanol–water partition coefficient (Wildman–Crippen LogP) is 1.06. The summed E-state index contributed by atoms with van der Waals surface area (Å²) in [5.41, 5.74) is 0.405. The highest BCUT2D eigenvalue weighted by molar-refractivity contribution is 6.38. The fourth-order valence-corrected chi connectivity index (χ4v) is 0.865. The van der Waals surface area contributed by atoms with Crippen LogP contribution in [0.3, 0.4) is 0 Å². The zero-order valence-corrected chi connectivity index (χ0v) is 7.18. The second-order valence-corrected chi connectivity index (χ2v) is 2.56. The summed E-state index contributed by atoms with van der Waals surface area (Å²) in [7, 11) is 0. The lowest BCUT2D eigenvalue weighted by atomic mass is 10.2. The van der Waals surface area contributed by atoms with Gasteiger partial charge in [-0.15, -0.1) is 0 Å². The summed E-state index contributed by atoms with van der Waals surface area (Å²) in [6.07, 6.45) is 2.16. The van der Waals surface area contributed by atoms with Crippen molar-refractivity contribution in [1.29, 1.82) is 0 Å². The number of carboxylic acids is 1. The third kappa shape index (κ3) is 2.45. The minimum Gasteiger partial charge on any atom is -0.507 e. The smallest absolute Gasteiger partial charge is 0.376 e. The summed E-state index contributed by atoms with van der Waals surface area (Å²) in [6.45, 7) is 0. The van der Waals surface area contributed by atoms with Crippen LogP contribution in [0.5, 0.6) is 5.75 Å². The maximum atomic E-state index is 10.7. The number of phenols is 1. The van der Waals surface area contributed by atoms with Gasteiger partial charge in [-0.3, -0.25) is 4.79 Å². The molecule has 0 radical (unpaired) electrons. The van der Waals surface area contributed by atoms with Crippen molar-refractivity contribution in [3.05, 3.63) is 35.9 Å². The van der Waals surface area contributed by atoms with Gasteiger partial charge in [0.05, 0.1) is 0 Å². The average molecular weight is 192 g/mol. The van der Waals surface area contributed by atoms with Crippen LogP contribution in [-0.2, 0) is 9.59 Å². The van der Waals surface area contributed by atoms with Gasteiger partial charge in [0.1, 0.15) is 5.75 Å². The summed E-state index contributed by atoms with van der Waals surface area (Å²) >= 11 is 0. The first-order chi connectivity index (χ1) is 6.61. The van der Waals surface area contributed by atoms with Gasteiger partial charge >= 0.3 is 5.97 Å². The lowest BCUT2D eigenvalue weighted by Crippen LogP contribution is -2.08. The van der Waals surface area contributed by atoms with E-state index in [-0.39, 0.29) is 5.75 Å². The van der Waals surface area contributed by atoms with Crippen LogP contribution in [0.25, 0.3) is 6.08 Å². The van der Waals surface area contributed by atoms with E-state index in [1.165, 1.54) is 12.1 Å². The highest BCUT2D eigenvalue weighted by Crippen LogP contribution is 2.16. The molecule has 0 aliphatic carbocycles. The second kappa shape index (κ2) is 4.23. The van der Waals surface area contributed by atoms with Crippen molar-refractivity contribution in [3.63, 3.8) is 0 Å². The largest absolute Gasteiger partial charge is 0.507 e. The van der Waals surface area contributed by atoms with E-state index >= 15 is 0 Å². The second-order valence-electron chi connectivity index (χ2n) is 2.56. The molecule has 2 N–H and O–H groups in total. The van der Waals surface area contributed by atoms with Crippen LogP contribution in [0.4, 0.5) is 0 Å². The maximum Gasteiger partial charge on any atom is 0.376 e. The Labute approximate surface area is 80.1 Å². The van der Waals surface area contributed by atoms with Gasteiger partial charge in [-0.2, -0.15) is 0 Å². The fraction of sp³-hybridized carbons (Fsp3) is 0. The maximum absolute atomic E-state index is 10.7. The molecule has 0 aromatic heterocycles. The molecule has 72 valence electrons. The summed E-state index contributed by atoms with van der Waals surface area (Å²) in [6, 6.07) is 6.32. The van der Waals surface area contributed by atoms with Crippen molar-refractivity contribution >= 4 is 17.8 Å². The SMILES string of the molecule is O=C(O)C(=O)C=Cc1ccccc1O. The highest BCUT2D eigenvalue weighted by atomic mass is 16.4. The van der Waals surface area contributed by atoms with Gasteiger partial charge in [0.15, 0.2) is 0 Å². The quantitative estimate of drug-likeness (QED) is 0.554. The summed E-state index contributed by atoms with van der Waals surface area (Å²) in [5.74, 6) is -2.54. The third-order valence-electron chi connectivity index (χ3n) is 1.56. The first-order valence-corrected chi connectivity index (χ1v) is 3.84. The molecule has 14 heavy (non-hydrogen) atoms. The Kier molecular flexibility index (Phi) is 3.01. The zero-order valence-electron chi connectivity index (χ0n) is 7.18. The van der Waals surface area contributed by atoms with Gasteiger partial charge in [-0.25, -0.2) is 4.79 Å². The number of hydrogen-bond acceptors (Lipinski definition) is 3. The Morgan fingerprint density at radius 1 is 1.21 bits per heavy atom. The Balaban J connectivity index is 2.84. The number of phenolic OH excluding ortho intramolecular Hbond substituents is 1. The van der Waals surface area contributed by atoms with E-state index in [1.807, 2.05) is 0 Å². The fourth-order valence-electron chi connectivity index (χ4n) is 0.865. The van der Waals surface area contributed by atoms with Gasteiger partial charge in [0.2, 0.25) is 0 Å². The van der Waals surface area contributed by atoms with Crippen molar-refractivity contribution in [2.24, 2.45) is 0 Å². The lowest BCUT2D eigenvalue weighted by molar-refractivity contribution is -0.146. The molecule has 0 aliphatic heterocycles. The molecule has 0 saturated carbocycles. The Bertz CT molecular complexity index is 393. The van der Waals surface area contributed by atoms with E-state index in [0.717, 1.165) is 6.08 Å². The number of carbonyl (C=O) groups excluding carboxylic acids is 1. The minimum atomic E-state index is -1.52. The van der Waals surface area contributed by atoms with Crippen LogP contribution in [0, 0.1) is 0 Å². The molecule has 0 fully saturated rings. The summed E-state index contributed by atoms with van der Waals surface area (Å²) < 4.78 is 0. The number of carboxylic acid groups (broad SMARTS) is 1. The molecule has 0 aliphatic rings. The molecule has 0 amide bonds. The minimum absolute atomic E-state index is 0.00180. The predicted molar refractivity (Wildman–Crippen MR) is 49.8 cm³/mol. The van der Waals surface area contributed by atoms with Crippen LogP contribution in [0.15, 0.2) is 30.3 Å². The molecule has 4 nitrogen and oxygen atoms in total. The molecular formula is C10H8O4. The normalized spacial score (nSPS) is 10.3. The number of carbonyl (C=O) groups is 2. The molecule has 1 aromatic carbocycles. The van der Waals surface area contributed by atoms with Gasteiger partial charge in [0.25, 0.3) is 5.78 Å². The number of aliphatic carboxylic acids is 1. The lowest BCUT2D eigenvalue weighted by Gasteiger charge is -1.95. The van der Waals surface area contributed by atoms with E-state index in [2.05, 4.69) is 0 Å². The molecule has 0 bridgehead atoms. The van der Waals surface area contributed by atoms with Crippen molar-refractivity contribution < 1.29 is 19.8 Å². The molecule has 1 aromatic rings. The molecule has 0 unspecified atom stereocenters. The molecule has 0 saturated heterocycles. The van der Waals surface area contributed by atoms with Gasteiger partial charge < -0.3 is 10.2 Å². The number of benzene rings is 1. The number of rotatable bonds is 3. The molecular weight excluding hydrogens is 184 g/mol. The Morgan fingerprint density at radius 2 is 1.86 bits per heavy atom. The third-order valence-corrected chi connectivity index (χ3v) is 1.56. The number of hydrogen-bond donors (Lipinski definition) is 2. The van der Waals surface area contributed by atoms with Gasteiger partial charge in [-0.1, -0.05) is 18.2 Å². The standard InChI is InChI=1S/C10H8O4/c11-8-4-2-1-3-7(8)5-6-9(12)10(13)14/h1-6,11H,(H,13,14). The zero-order chi connectivity index (χ0) is 10.6. The first kappa shape index (κ1) is 9.98. The van der Waals surface area contributed by atoms with Crippen LogP contribution in [0.1, 0.15) is 5.56 Å². The first-order valence-electron chi connectivity index (χ1n) is 3.84. The van der Waals surface area contributed by atoms with Crippen molar-refractivity contribution in [3.8, 4) is 5.75 Å².